The molecule has 7 nitrogen and oxygen atoms in total. The Balaban J connectivity index is 1.39. The number of benzene rings is 1. The molecular formula is C22H24ClN7S. The minimum Gasteiger partial charge on any atom is -0.315 e. The zero-order valence-electron chi connectivity index (χ0n) is 17.5. The highest BCUT2D eigenvalue weighted by molar-refractivity contribution is 7.15. The molecule has 1 aliphatic rings. The fourth-order valence-electron chi connectivity index (χ4n) is 3.89. The number of anilines is 2. The smallest absolute Gasteiger partial charge is 0.188 e. The lowest BCUT2D eigenvalue weighted by Gasteiger charge is -2.29. The Labute approximate surface area is 190 Å². The predicted octanol–water partition coefficient (Wildman–Crippen LogP) is 5.21. The molecule has 1 saturated heterocycles. The van der Waals surface area contributed by atoms with Gasteiger partial charge in [0.2, 0.25) is 0 Å². The molecule has 5 rings (SSSR count). The molecule has 1 fully saturated rings. The van der Waals surface area contributed by atoms with Gasteiger partial charge in [0, 0.05) is 16.4 Å². The molecule has 1 aromatic carbocycles. The van der Waals surface area contributed by atoms with Crippen molar-refractivity contribution < 1.29 is 0 Å². The second kappa shape index (κ2) is 8.53. The van der Waals surface area contributed by atoms with E-state index in [4.69, 9.17) is 16.6 Å². The molecule has 0 saturated carbocycles. The summed E-state index contributed by atoms with van der Waals surface area (Å²) in [4.78, 5) is 17.5. The van der Waals surface area contributed by atoms with Gasteiger partial charge in [-0.25, -0.2) is 19.6 Å². The van der Waals surface area contributed by atoms with Crippen LogP contribution in [-0.4, -0.2) is 42.7 Å². The molecule has 3 aromatic heterocycles. The van der Waals surface area contributed by atoms with Gasteiger partial charge in [-0.1, -0.05) is 24.6 Å². The Hall–Kier alpha value is -2.55. The zero-order chi connectivity index (χ0) is 21.4. The van der Waals surface area contributed by atoms with Crippen LogP contribution in [0.1, 0.15) is 30.3 Å². The van der Waals surface area contributed by atoms with Crippen LogP contribution in [0.3, 0.4) is 0 Å². The number of fused-ring (bicyclic) bond motifs is 1. The van der Waals surface area contributed by atoms with Crippen molar-refractivity contribution in [1.82, 2.24) is 29.6 Å². The number of aromatic nitrogens is 5. The first kappa shape index (κ1) is 20.4. The van der Waals surface area contributed by atoms with Crippen LogP contribution in [0, 0.1) is 12.8 Å². The number of piperidine rings is 1. The van der Waals surface area contributed by atoms with Crippen LogP contribution in [0.25, 0.3) is 16.7 Å². The monoisotopic (exact) mass is 453 g/mol. The van der Waals surface area contributed by atoms with Crippen molar-refractivity contribution in [3.8, 4) is 5.69 Å². The number of halogens is 1. The predicted molar refractivity (Wildman–Crippen MR) is 125 cm³/mol. The summed E-state index contributed by atoms with van der Waals surface area (Å²) < 4.78 is 1.77. The van der Waals surface area contributed by atoms with Crippen molar-refractivity contribution in [3.63, 3.8) is 0 Å². The Bertz CT molecular complexity index is 1210. The highest BCUT2D eigenvalue weighted by Crippen LogP contribution is 2.30. The summed E-state index contributed by atoms with van der Waals surface area (Å²) in [7, 11) is 0. The largest absolute Gasteiger partial charge is 0.315 e. The lowest BCUT2D eigenvalue weighted by Crippen LogP contribution is -2.32. The molecule has 0 bridgehead atoms. The molecule has 1 N–H and O–H groups in total. The van der Waals surface area contributed by atoms with E-state index in [1.54, 1.807) is 28.5 Å². The van der Waals surface area contributed by atoms with E-state index in [0.717, 1.165) is 53.1 Å². The maximum atomic E-state index is 6.15. The summed E-state index contributed by atoms with van der Waals surface area (Å²) >= 11 is 7.84. The van der Waals surface area contributed by atoms with Crippen molar-refractivity contribution in [2.75, 3.05) is 18.4 Å². The van der Waals surface area contributed by atoms with Crippen LogP contribution in [0.2, 0.25) is 5.02 Å². The van der Waals surface area contributed by atoms with Crippen LogP contribution in [-0.2, 0) is 6.54 Å². The molecule has 4 aromatic rings. The van der Waals surface area contributed by atoms with Crippen LogP contribution in [0.5, 0.6) is 0 Å². The molecule has 160 valence electrons. The first-order valence-electron chi connectivity index (χ1n) is 10.5. The van der Waals surface area contributed by atoms with Gasteiger partial charge in [0.25, 0.3) is 0 Å². The van der Waals surface area contributed by atoms with Gasteiger partial charge >= 0.3 is 0 Å². The van der Waals surface area contributed by atoms with Crippen LogP contribution in [0.4, 0.5) is 10.9 Å². The highest BCUT2D eigenvalue weighted by Gasteiger charge is 2.19. The maximum absolute atomic E-state index is 6.15. The molecule has 0 radical (unpaired) electrons. The second-order valence-corrected chi connectivity index (χ2v) is 9.63. The van der Waals surface area contributed by atoms with E-state index >= 15 is 0 Å². The van der Waals surface area contributed by atoms with Gasteiger partial charge < -0.3 is 5.32 Å². The van der Waals surface area contributed by atoms with Gasteiger partial charge in [-0.05, 0) is 57.0 Å². The van der Waals surface area contributed by atoms with E-state index < -0.39 is 0 Å². The number of rotatable bonds is 5. The van der Waals surface area contributed by atoms with E-state index in [9.17, 15) is 0 Å². The van der Waals surface area contributed by atoms with Gasteiger partial charge in [-0.3, -0.25) is 4.90 Å². The topological polar surface area (TPSA) is 71.8 Å². The zero-order valence-corrected chi connectivity index (χ0v) is 19.1. The highest BCUT2D eigenvalue weighted by atomic mass is 35.5. The van der Waals surface area contributed by atoms with Crippen molar-refractivity contribution in [2.45, 2.75) is 33.2 Å². The van der Waals surface area contributed by atoms with E-state index in [1.807, 2.05) is 24.3 Å². The summed E-state index contributed by atoms with van der Waals surface area (Å²) in [5.41, 5.74) is 2.65. The summed E-state index contributed by atoms with van der Waals surface area (Å²) in [6.45, 7) is 7.71. The third kappa shape index (κ3) is 4.28. The molecule has 0 amide bonds. The summed E-state index contributed by atoms with van der Waals surface area (Å²) in [6, 6.07) is 7.55. The molecule has 0 unspecified atom stereocenters. The average molecular weight is 454 g/mol. The van der Waals surface area contributed by atoms with E-state index in [1.165, 1.54) is 17.7 Å². The van der Waals surface area contributed by atoms with Crippen molar-refractivity contribution in [2.24, 2.45) is 5.92 Å². The number of thiazole rings is 1. The molecule has 0 atom stereocenters. The van der Waals surface area contributed by atoms with Crippen molar-refractivity contribution in [1.29, 1.82) is 0 Å². The molecular weight excluding hydrogens is 430 g/mol. The minimum atomic E-state index is 0.655. The third-order valence-corrected chi connectivity index (χ3v) is 7.07. The Morgan fingerprint density at radius 3 is 2.87 bits per heavy atom. The van der Waals surface area contributed by atoms with Gasteiger partial charge in [-0.2, -0.15) is 5.10 Å². The molecule has 31 heavy (non-hydrogen) atoms. The summed E-state index contributed by atoms with van der Waals surface area (Å²) in [5.74, 6) is 1.54. The van der Waals surface area contributed by atoms with Gasteiger partial charge in [-0.15, -0.1) is 11.3 Å². The number of nitrogens with one attached hydrogen (secondary N) is 1. The molecule has 0 spiro atoms. The molecule has 4 heterocycles. The van der Waals surface area contributed by atoms with E-state index in [2.05, 4.69) is 39.1 Å². The van der Waals surface area contributed by atoms with Gasteiger partial charge in [0.05, 0.1) is 23.0 Å². The number of aryl methyl sites for hydroxylation is 1. The SMILES string of the molecule is Cc1nc(Nc2ncnc3c2cnn3-c2cccc(Cl)c2)sc1CN1CCC(C)CC1. The fraction of sp³-hybridized carbons (Fsp3) is 0.364. The fourth-order valence-corrected chi connectivity index (χ4v) is 5.08. The average Bonchev–Trinajstić information content (AvgIpc) is 3.34. The maximum Gasteiger partial charge on any atom is 0.188 e. The minimum absolute atomic E-state index is 0.655. The summed E-state index contributed by atoms with van der Waals surface area (Å²) in [5, 5.41) is 10.2. The number of hydrogen-bond donors (Lipinski definition) is 1. The number of likely N-dealkylation sites (tertiary alicyclic amines) is 1. The molecule has 9 heteroatoms. The second-order valence-electron chi connectivity index (χ2n) is 8.11. The third-order valence-electron chi connectivity index (χ3n) is 5.78. The van der Waals surface area contributed by atoms with Gasteiger partial charge in [0.15, 0.2) is 10.8 Å². The first-order valence-corrected chi connectivity index (χ1v) is 11.7. The van der Waals surface area contributed by atoms with Crippen molar-refractivity contribution >= 4 is 44.9 Å². The van der Waals surface area contributed by atoms with E-state index in [-0.39, 0.29) is 0 Å². The van der Waals surface area contributed by atoms with Crippen LogP contribution >= 0.6 is 22.9 Å². The number of nitrogens with zero attached hydrogens (tertiary/aromatic N) is 6. The standard InChI is InChI=1S/C22H24ClN7S/c1-14-6-8-29(9-7-14)12-19-15(2)27-22(31-19)28-20-18-11-26-30(21(18)25-13-24-20)17-5-3-4-16(23)10-17/h3-5,10-11,13-14H,6-9,12H2,1-2H3,(H,24,25,27,28). The normalized spacial score (nSPS) is 15.6. The molecule has 0 aliphatic carbocycles. The number of hydrogen-bond acceptors (Lipinski definition) is 7. The van der Waals surface area contributed by atoms with Crippen LogP contribution < -0.4 is 5.32 Å². The first-order chi connectivity index (χ1) is 15.1. The van der Waals surface area contributed by atoms with E-state index in [0.29, 0.717) is 10.8 Å². The summed E-state index contributed by atoms with van der Waals surface area (Å²) in [6.07, 6.45) is 5.87. The lowest BCUT2D eigenvalue weighted by atomic mass is 9.99. The lowest BCUT2D eigenvalue weighted by molar-refractivity contribution is 0.186. The van der Waals surface area contributed by atoms with Crippen LogP contribution in [0.15, 0.2) is 36.8 Å². The Morgan fingerprint density at radius 1 is 1.23 bits per heavy atom. The van der Waals surface area contributed by atoms with Gasteiger partial charge in [0.1, 0.15) is 12.1 Å². The Kier molecular flexibility index (Phi) is 5.60. The van der Waals surface area contributed by atoms with Crippen molar-refractivity contribution in [3.05, 3.63) is 52.4 Å². The Morgan fingerprint density at radius 2 is 2.06 bits per heavy atom. The molecule has 1 aliphatic heterocycles. The quantitative estimate of drug-likeness (QED) is 0.447.